The minimum Gasteiger partial charge on any atom is -0.337 e. The van der Waals surface area contributed by atoms with Crippen molar-refractivity contribution in [3.05, 3.63) is 22.7 Å². The molecule has 2 fully saturated rings. The lowest BCUT2D eigenvalue weighted by Gasteiger charge is -2.30. The van der Waals surface area contributed by atoms with Crippen molar-refractivity contribution in [2.75, 3.05) is 0 Å². The summed E-state index contributed by atoms with van der Waals surface area (Å²) in [6.07, 6.45) is 5.16. The standard InChI is InChI=1S/C16H17N3O3S/c20-13-8-16(5-2-1-3-6-16)15(21)19(13)9-12-17-14(18-22-12)11-4-7-23-10-11/h4,7,10H,1-3,5-6,8-9H2. The van der Waals surface area contributed by atoms with Crippen molar-refractivity contribution in [2.24, 2.45) is 5.41 Å². The molecule has 4 rings (SSSR count). The SMILES string of the molecule is O=C1CC2(CCCCC2)C(=O)N1Cc1nc(-c2ccsc2)no1. The molecule has 1 aliphatic carbocycles. The van der Waals surface area contributed by atoms with Crippen LogP contribution in [0.3, 0.4) is 0 Å². The van der Waals surface area contributed by atoms with Gasteiger partial charge in [0.15, 0.2) is 0 Å². The smallest absolute Gasteiger partial charge is 0.247 e. The average Bonchev–Trinajstić information content (AvgIpc) is 3.27. The van der Waals surface area contributed by atoms with Crippen LogP contribution in [0.5, 0.6) is 0 Å². The molecular weight excluding hydrogens is 314 g/mol. The first-order valence-electron chi connectivity index (χ1n) is 7.88. The summed E-state index contributed by atoms with van der Waals surface area (Å²) in [6, 6.07) is 1.91. The summed E-state index contributed by atoms with van der Waals surface area (Å²) < 4.78 is 5.22. The molecule has 0 radical (unpaired) electrons. The molecule has 0 bridgehead atoms. The van der Waals surface area contributed by atoms with Gasteiger partial charge in [-0.05, 0) is 24.3 Å². The number of aromatic nitrogens is 2. The number of thiophene rings is 1. The lowest BCUT2D eigenvalue weighted by atomic mass is 9.73. The van der Waals surface area contributed by atoms with Crippen LogP contribution < -0.4 is 0 Å². The molecule has 1 aliphatic heterocycles. The van der Waals surface area contributed by atoms with Crippen LogP contribution in [0.1, 0.15) is 44.4 Å². The number of nitrogens with zero attached hydrogens (tertiary/aromatic N) is 3. The van der Waals surface area contributed by atoms with Gasteiger partial charge in [0, 0.05) is 17.4 Å². The van der Waals surface area contributed by atoms with E-state index < -0.39 is 5.41 Å². The third-order valence-corrected chi connectivity index (χ3v) is 5.52. The molecule has 2 amide bonds. The molecule has 23 heavy (non-hydrogen) atoms. The van der Waals surface area contributed by atoms with E-state index in [9.17, 15) is 9.59 Å². The number of hydrogen-bond donors (Lipinski definition) is 0. The van der Waals surface area contributed by atoms with Gasteiger partial charge in [0.05, 0.1) is 5.41 Å². The largest absolute Gasteiger partial charge is 0.337 e. The highest BCUT2D eigenvalue weighted by Gasteiger charge is 2.51. The molecule has 2 aromatic heterocycles. The summed E-state index contributed by atoms with van der Waals surface area (Å²) >= 11 is 1.55. The summed E-state index contributed by atoms with van der Waals surface area (Å²) in [6.45, 7) is 0.0799. The van der Waals surface area contributed by atoms with Crippen molar-refractivity contribution in [3.8, 4) is 11.4 Å². The Morgan fingerprint density at radius 2 is 2.09 bits per heavy atom. The molecule has 0 aromatic carbocycles. The second kappa shape index (κ2) is 5.56. The predicted molar refractivity (Wildman–Crippen MR) is 83.3 cm³/mol. The fourth-order valence-corrected chi connectivity index (χ4v) is 4.24. The Labute approximate surface area is 137 Å². The zero-order valence-electron chi connectivity index (χ0n) is 12.7. The van der Waals surface area contributed by atoms with Crippen LogP contribution in [-0.2, 0) is 16.1 Å². The van der Waals surface area contributed by atoms with Crippen molar-refractivity contribution in [1.82, 2.24) is 15.0 Å². The number of rotatable bonds is 3. The van der Waals surface area contributed by atoms with Crippen molar-refractivity contribution in [3.63, 3.8) is 0 Å². The van der Waals surface area contributed by atoms with Gasteiger partial charge in [-0.3, -0.25) is 14.5 Å². The fourth-order valence-electron chi connectivity index (χ4n) is 3.60. The van der Waals surface area contributed by atoms with Crippen LogP contribution in [0.4, 0.5) is 0 Å². The number of hydrogen-bond acceptors (Lipinski definition) is 6. The van der Waals surface area contributed by atoms with Gasteiger partial charge in [-0.2, -0.15) is 16.3 Å². The van der Waals surface area contributed by atoms with Gasteiger partial charge in [0.25, 0.3) is 0 Å². The zero-order valence-corrected chi connectivity index (χ0v) is 13.5. The third kappa shape index (κ3) is 2.49. The second-order valence-corrected chi connectivity index (χ2v) is 7.11. The molecule has 1 saturated carbocycles. The molecule has 0 unspecified atom stereocenters. The molecule has 7 heteroatoms. The Morgan fingerprint density at radius 1 is 1.26 bits per heavy atom. The zero-order chi connectivity index (χ0) is 15.9. The summed E-state index contributed by atoms with van der Waals surface area (Å²) in [5, 5.41) is 7.79. The van der Waals surface area contributed by atoms with E-state index in [2.05, 4.69) is 10.1 Å². The van der Waals surface area contributed by atoms with E-state index in [4.69, 9.17) is 4.52 Å². The lowest BCUT2D eigenvalue weighted by molar-refractivity contribution is -0.143. The van der Waals surface area contributed by atoms with Gasteiger partial charge in [0.1, 0.15) is 6.54 Å². The minimum atomic E-state index is -0.467. The van der Waals surface area contributed by atoms with Gasteiger partial charge in [-0.15, -0.1) is 0 Å². The highest BCUT2D eigenvalue weighted by atomic mass is 32.1. The summed E-state index contributed by atoms with van der Waals surface area (Å²) in [5.41, 5.74) is 0.416. The van der Waals surface area contributed by atoms with Crippen molar-refractivity contribution in [2.45, 2.75) is 45.1 Å². The highest BCUT2D eigenvalue weighted by molar-refractivity contribution is 7.08. The van der Waals surface area contributed by atoms with E-state index in [-0.39, 0.29) is 18.4 Å². The monoisotopic (exact) mass is 331 g/mol. The number of carbonyl (C=O) groups is 2. The Morgan fingerprint density at radius 3 is 2.83 bits per heavy atom. The van der Waals surface area contributed by atoms with Crippen LogP contribution in [0.15, 0.2) is 21.3 Å². The van der Waals surface area contributed by atoms with Crippen molar-refractivity contribution in [1.29, 1.82) is 0 Å². The van der Waals surface area contributed by atoms with Gasteiger partial charge in [-0.1, -0.05) is 24.4 Å². The van der Waals surface area contributed by atoms with Crippen LogP contribution in [-0.4, -0.2) is 26.9 Å². The molecule has 0 atom stereocenters. The topological polar surface area (TPSA) is 76.3 Å². The Bertz CT molecular complexity index is 732. The third-order valence-electron chi connectivity index (χ3n) is 4.84. The first-order valence-corrected chi connectivity index (χ1v) is 8.82. The maximum Gasteiger partial charge on any atom is 0.247 e. The molecule has 120 valence electrons. The molecule has 2 aliphatic rings. The van der Waals surface area contributed by atoms with Gasteiger partial charge in [-0.25, -0.2) is 0 Å². The number of carbonyl (C=O) groups excluding carboxylic acids is 2. The second-order valence-electron chi connectivity index (χ2n) is 6.33. The molecule has 6 nitrogen and oxygen atoms in total. The maximum atomic E-state index is 12.7. The Hall–Kier alpha value is -2.02. The normalized spacial score (nSPS) is 20.6. The van der Waals surface area contributed by atoms with E-state index in [1.165, 1.54) is 4.90 Å². The highest BCUT2D eigenvalue weighted by Crippen LogP contribution is 2.45. The van der Waals surface area contributed by atoms with Crippen molar-refractivity contribution >= 4 is 23.2 Å². The Balaban J connectivity index is 1.52. The number of likely N-dealkylation sites (tertiary alicyclic amines) is 1. The number of amides is 2. The van der Waals surface area contributed by atoms with E-state index >= 15 is 0 Å². The van der Waals surface area contributed by atoms with Gasteiger partial charge >= 0.3 is 0 Å². The lowest BCUT2D eigenvalue weighted by Crippen LogP contribution is -2.36. The first-order chi connectivity index (χ1) is 11.2. The number of imide groups is 1. The molecule has 1 spiro atoms. The molecule has 0 N–H and O–H groups in total. The van der Waals surface area contributed by atoms with Gasteiger partial charge in [0.2, 0.25) is 23.5 Å². The van der Waals surface area contributed by atoms with E-state index in [0.717, 1.165) is 37.7 Å². The summed E-state index contributed by atoms with van der Waals surface area (Å²) in [4.78, 5) is 30.7. The molecule has 3 heterocycles. The minimum absolute atomic E-state index is 0.0579. The van der Waals surface area contributed by atoms with E-state index in [0.29, 0.717) is 18.1 Å². The van der Waals surface area contributed by atoms with Crippen LogP contribution >= 0.6 is 11.3 Å². The summed E-state index contributed by atoms with van der Waals surface area (Å²) in [7, 11) is 0. The maximum absolute atomic E-state index is 12.7. The molecule has 2 aromatic rings. The van der Waals surface area contributed by atoms with Crippen LogP contribution in [0.2, 0.25) is 0 Å². The molecular formula is C16H17N3O3S. The quantitative estimate of drug-likeness (QED) is 0.808. The fraction of sp³-hybridized carbons (Fsp3) is 0.500. The van der Waals surface area contributed by atoms with E-state index in [1.807, 2.05) is 16.8 Å². The van der Waals surface area contributed by atoms with Crippen LogP contribution in [0.25, 0.3) is 11.4 Å². The predicted octanol–water partition coefficient (Wildman–Crippen LogP) is 3.01. The summed E-state index contributed by atoms with van der Waals surface area (Å²) in [5.74, 6) is 0.623. The average molecular weight is 331 g/mol. The Kier molecular flexibility index (Phi) is 3.52. The van der Waals surface area contributed by atoms with E-state index in [1.54, 1.807) is 11.3 Å². The van der Waals surface area contributed by atoms with Gasteiger partial charge < -0.3 is 4.52 Å². The first kappa shape index (κ1) is 14.6. The van der Waals surface area contributed by atoms with Crippen molar-refractivity contribution < 1.29 is 14.1 Å². The molecule has 1 saturated heterocycles. The van der Waals surface area contributed by atoms with Crippen LogP contribution in [0, 0.1) is 5.41 Å².